The third kappa shape index (κ3) is 1.40. The molecule has 0 amide bonds. The SMILES string of the molecule is CNc1ccc(O)c(Cl)c1C. The molecule has 0 aromatic heterocycles. The van der Waals surface area contributed by atoms with Gasteiger partial charge in [-0.15, -0.1) is 0 Å². The summed E-state index contributed by atoms with van der Waals surface area (Å²) in [5.41, 5.74) is 1.81. The Hall–Kier alpha value is -0.890. The molecule has 0 atom stereocenters. The van der Waals surface area contributed by atoms with E-state index in [1.807, 2.05) is 14.0 Å². The van der Waals surface area contributed by atoms with E-state index in [1.54, 1.807) is 12.1 Å². The Morgan fingerprint density at radius 2 is 2.09 bits per heavy atom. The fourth-order valence-corrected chi connectivity index (χ4v) is 1.11. The molecule has 1 rings (SSSR count). The molecular formula is C8H10ClNO. The standard InChI is InChI=1S/C8H10ClNO/c1-5-6(10-2)3-4-7(11)8(5)9/h3-4,10-11H,1-2H3. The Kier molecular flexibility index (Phi) is 2.25. The van der Waals surface area contributed by atoms with Gasteiger partial charge in [-0.1, -0.05) is 11.6 Å². The van der Waals surface area contributed by atoms with E-state index in [-0.39, 0.29) is 5.75 Å². The highest BCUT2D eigenvalue weighted by Gasteiger charge is 2.04. The Labute approximate surface area is 70.8 Å². The topological polar surface area (TPSA) is 32.3 Å². The van der Waals surface area contributed by atoms with Gasteiger partial charge in [-0.3, -0.25) is 0 Å². The molecule has 11 heavy (non-hydrogen) atoms. The maximum Gasteiger partial charge on any atom is 0.134 e. The minimum Gasteiger partial charge on any atom is -0.506 e. The van der Waals surface area contributed by atoms with Crippen LogP contribution in [0.25, 0.3) is 0 Å². The summed E-state index contributed by atoms with van der Waals surface area (Å²) in [7, 11) is 1.82. The summed E-state index contributed by atoms with van der Waals surface area (Å²) < 4.78 is 0. The van der Waals surface area contributed by atoms with Gasteiger partial charge in [0, 0.05) is 12.7 Å². The first-order chi connectivity index (χ1) is 5.16. The minimum atomic E-state index is 0.128. The van der Waals surface area contributed by atoms with E-state index in [2.05, 4.69) is 5.32 Å². The van der Waals surface area contributed by atoms with Gasteiger partial charge in [0.1, 0.15) is 5.75 Å². The summed E-state index contributed by atoms with van der Waals surface area (Å²) in [6, 6.07) is 3.36. The fraction of sp³-hybridized carbons (Fsp3) is 0.250. The lowest BCUT2D eigenvalue weighted by molar-refractivity contribution is 0.475. The van der Waals surface area contributed by atoms with E-state index in [4.69, 9.17) is 16.7 Å². The van der Waals surface area contributed by atoms with Crippen LogP contribution in [-0.2, 0) is 0 Å². The first-order valence-electron chi connectivity index (χ1n) is 3.32. The second-order valence-corrected chi connectivity index (χ2v) is 2.70. The van der Waals surface area contributed by atoms with E-state index < -0.39 is 0 Å². The molecule has 2 N–H and O–H groups in total. The van der Waals surface area contributed by atoms with Crippen molar-refractivity contribution < 1.29 is 5.11 Å². The molecule has 2 nitrogen and oxygen atoms in total. The van der Waals surface area contributed by atoms with Crippen LogP contribution < -0.4 is 5.32 Å². The number of rotatable bonds is 1. The molecule has 0 aliphatic carbocycles. The Bertz CT molecular complexity index is 273. The zero-order valence-corrected chi connectivity index (χ0v) is 7.24. The molecule has 0 aliphatic rings. The number of phenols is 1. The summed E-state index contributed by atoms with van der Waals surface area (Å²) in [5.74, 6) is 0.128. The van der Waals surface area contributed by atoms with Crippen LogP contribution in [0.3, 0.4) is 0 Å². The molecule has 60 valence electrons. The van der Waals surface area contributed by atoms with Crippen molar-refractivity contribution in [3.8, 4) is 5.75 Å². The molecule has 0 aliphatic heterocycles. The van der Waals surface area contributed by atoms with E-state index in [9.17, 15) is 0 Å². The van der Waals surface area contributed by atoms with Gasteiger partial charge in [0.25, 0.3) is 0 Å². The minimum absolute atomic E-state index is 0.128. The van der Waals surface area contributed by atoms with Crippen LogP contribution in [0.4, 0.5) is 5.69 Å². The molecule has 1 aromatic carbocycles. The van der Waals surface area contributed by atoms with E-state index in [1.165, 1.54) is 0 Å². The number of nitrogens with one attached hydrogen (secondary N) is 1. The lowest BCUT2D eigenvalue weighted by Crippen LogP contribution is -1.91. The van der Waals surface area contributed by atoms with E-state index in [0.717, 1.165) is 11.3 Å². The largest absolute Gasteiger partial charge is 0.506 e. The smallest absolute Gasteiger partial charge is 0.134 e. The van der Waals surface area contributed by atoms with Gasteiger partial charge < -0.3 is 10.4 Å². The van der Waals surface area contributed by atoms with Crippen molar-refractivity contribution in [2.24, 2.45) is 0 Å². The molecule has 0 unspecified atom stereocenters. The number of halogens is 1. The molecule has 0 radical (unpaired) electrons. The first-order valence-corrected chi connectivity index (χ1v) is 3.70. The van der Waals surface area contributed by atoms with Crippen LogP contribution in [0.1, 0.15) is 5.56 Å². The van der Waals surface area contributed by atoms with Crippen LogP contribution in [0.15, 0.2) is 12.1 Å². The maximum absolute atomic E-state index is 9.16. The lowest BCUT2D eigenvalue weighted by Gasteiger charge is -2.07. The summed E-state index contributed by atoms with van der Waals surface area (Å²) in [5, 5.41) is 12.5. The summed E-state index contributed by atoms with van der Waals surface area (Å²) in [6.07, 6.45) is 0. The number of anilines is 1. The maximum atomic E-state index is 9.16. The molecule has 0 saturated heterocycles. The predicted octanol–water partition coefficient (Wildman–Crippen LogP) is 2.40. The molecule has 3 heteroatoms. The second kappa shape index (κ2) is 3.01. The average Bonchev–Trinajstić information content (AvgIpc) is 2.01. The Morgan fingerprint density at radius 3 is 2.64 bits per heavy atom. The highest BCUT2D eigenvalue weighted by Crippen LogP contribution is 2.31. The third-order valence-corrected chi connectivity index (χ3v) is 2.11. The van der Waals surface area contributed by atoms with Crippen molar-refractivity contribution in [1.82, 2.24) is 0 Å². The van der Waals surface area contributed by atoms with Gasteiger partial charge in [-0.05, 0) is 24.6 Å². The van der Waals surface area contributed by atoms with Gasteiger partial charge in [-0.25, -0.2) is 0 Å². The summed E-state index contributed by atoms with van der Waals surface area (Å²) >= 11 is 5.77. The van der Waals surface area contributed by atoms with Gasteiger partial charge in [0.2, 0.25) is 0 Å². The molecule has 0 saturated carbocycles. The quantitative estimate of drug-likeness (QED) is 0.636. The third-order valence-electron chi connectivity index (χ3n) is 1.64. The molecule has 0 bridgehead atoms. The van der Waals surface area contributed by atoms with Crippen molar-refractivity contribution in [3.63, 3.8) is 0 Å². The second-order valence-electron chi connectivity index (χ2n) is 2.32. The molecular weight excluding hydrogens is 162 g/mol. The Morgan fingerprint density at radius 1 is 1.45 bits per heavy atom. The zero-order chi connectivity index (χ0) is 8.43. The van der Waals surface area contributed by atoms with Crippen LogP contribution in [0.2, 0.25) is 5.02 Å². The molecule has 0 fully saturated rings. The number of phenolic OH excluding ortho intramolecular Hbond substituents is 1. The van der Waals surface area contributed by atoms with Gasteiger partial charge in [-0.2, -0.15) is 0 Å². The summed E-state index contributed by atoms with van der Waals surface area (Å²) in [6.45, 7) is 1.86. The zero-order valence-electron chi connectivity index (χ0n) is 6.48. The van der Waals surface area contributed by atoms with Crippen LogP contribution in [-0.4, -0.2) is 12.2 Å². The lowest BCUT2D eigenvalue weighted by atomic mass is 10.2. The van der Waals surface area contributed by atoms with E-state index in [0.29, 0.717) is 5.02 Å². The first kappa shape index (κ1) is 8.21. The molecule has 0 heterocycles. The van der Waals surface area contributed by atoms with Crippen LogP contribution in [0.5, 0.6) is 5.75 Å². The fourth-order valence-electron chi connectivity index (χ4n) is 0.942. The van der Waals surface area contributed by atoms with Crippen molar-refractivity contribution in [2.45, 2.75) is 6.92 Å². The van der Waals surface area contributed by atoms with Gasteiger partial charge >= 0.3 is 0 Å². The van der Waals surface area contributed by atoms with Gasteiger partial charge in [0.15, 0.2) is 0 Å². The predicted molar refractivity (Wildman–Crippen MR) is 47.4 cm³/mol. The van der Waals surface area contributed by atoms with Crippen LogP contribution in [0, 0.1) is 6.92 Å². The monoisotopic (exact) mass is 171 g/mol. The highest BCUT2D eigenvalue weighted by molar-refractivity contribution is 6.33. The van der Waals surface area contributed by atoms with E-state index >= 15 is 0 Å². The normalized spacial score (nSPS) is 9.73. The van der Waals surface area contributed by atoms with Crippen molar-refractivity contribution in [3.05, 3.63) is 22.7 Å². The molecule has 0 spiro atoms. The number of aromatic hydroxyl groups is 1. The van der Waals surface area contributed by atoms with Crippen molar-refractivity contribution in [1.29, 1.82) is 0 Å². The van der Waals surface area contributed by atoms with Crippen LogP contribution >= 0.6 is 11.6 Å². The highest BCUT2D eigenvalue weighted by atomic mass is 35.5. The van der Waals surface area contributed by atoms with Crippen molar-refractivity contribution in [2.75, 3.05) is 12.4 Å². The number of hydrogen-bond acceptors (Lipinski definition) is 2. The Balaban J connectivity index is 3.25. The molecule has 1 aromatic rings. The number of hydrogen-bond donors (Lipinski definition) is 2. The van der Waals surface area contributed by atoms with Crippen molar-refractivity contribution >= 4 is 17.3 Å². The summed E-state index contributed by atoms with van der Waals surface area (Å²) in [4.78, 5) is 0. The number of benzene rings is 1. The van der Waals surface area contributed by atoms with Gasteiger partial charge in [0.05, 0.1) is 5.02 Å². The average molecular weight is 172 g/mol.